The first-order valence-corrected chi connectivity index (χ1v) is 20.9. The van der Waals surface area contributed by atoms with Gasteiger partial charge in [0.25, 0.3) is 0 Å². The molecule has 0 atom stereocenters. The highest BCUT2D eigenvalue weighted by Gasteiger charge is 2.18. The molecule has 0 spiro atoms. The molecular weight excluding hydrogens is 823 g/mol. The largest absolute Gasteiger partial charge is 0.453 e. The highest BCUT2D eigenvalue weighted by molar-refractivity contribution is 5.83. The number of methoxy groups -OCH3 is 2. The summed E-state index contributed by atoms with van der Waals surface area (Å²) in [6.45, 7) is 9.31. The predicted octanol–water partition coefficient (Wildman–Crippen LogP) is 9.00. The molecule has 0 bridgehead atoms. The van der Waals surface area contributed by atoms with Crippen molar-refractivity contribution < 1.29 is 37.4 Å². The zero-order valence-electron chi connectivity index (χ0n) is 37.2. The number of aromatic amines is 2. The van der Waals surface area contributed by atoms with Crippen LogP contribution in [0.3, 0.4) is 0 Å². The average molecular weight is 881 g/mol. The summed E-state index contributed by atoms with van der Waals surface area (Å²) in [7, 11) is 2.50. The van der Waals surface area contributed by atoms with Crippen molar-refractivity contribution in [1.29, 1.82) is 0 Å². The Morgan fingerprint density at radius 2 is 0.875 bits per heavy atom. The van der Waals surface area contributed by atoms with Crippen LogP contribution in [-0.2, 0) is 32.2 Å². The number of H-pyrrole nitrogens is 2. The predicted molar refractivity (Wildman–Crippen MR) is 243 cm³/mol. The third-order valence-corrected chi connectivity index (χ3v) is 8.96. The van der Waals surface area contributed by atoms with Gasteiger partial charge in [0.2, 0.25) is 11.8 Å². The van der Waals surface area contributed by atoms with Crippen LogP contribution in [0.25, 0.3) is 33.6 Å². The number of ether oxygens (including phenoxy) is 2. The van der Waals surface area contributed by atoms with E-state index in [0.29, 0.717) is 37.8 Å². The molecule has 0 unspecified atom stereocenters. The van der Waals surface area contributed by atoms with Crippen LogP contribution in [0.4, 0.5) is 18.4 Å². The molecule has 0 aliphatic carbocycles. The van der Waals surface area contributed by atoms with Gasteiger partial charge in [-0.15, -0.1) is 0 Å². The Bertz CT molecular complexity index is 2110. The van der Waals surface area contributed by atoms with Crippen LogP contribution >= 0.6 is 0 Å². The molecule has 340 valence electrons. The number of imidazole rings is 2. The molecule has 2 heterocycles. The molecule has 2 aromatic heterocycles. The number of nitrogens with one attached hydrogen (secondary N) is 4. The van der Waals surface area contributed by atoms with Crippen LogP contribution in [-0.4, -0.2) is 94.1 Å². The maximum Gasteiger partial charge on any atom is 0.407 e. The number of hydrogen-bond donors (Lipinski definition) is 4. The van der Waals surface area contributed by atoms with Gasteiger partial charge < -0.3 is 39.9 Å². The number of amides is 4. The number of aromatic nitrogens is 4. The summed E-state index contributed by atoms with van der Waals surface area (Å²) < 4.78 is 32.9. The summed E-state index contributed by atoms with van der Waals surface area (Å²) in [4.78, 5) is 66.8. The molecule has 4 N–H and O–H groups in total. The summed E-state index contributed by atoms with van der Waals surface area (Å²) >= 11 is 0. The van der Waals surface area contributed by atoms with E-state index < -0.39 is 12.2 Å². The topological polar surface area (TPSA) is 175 Å². The minimum absolute atomic E-state index is 0.148. The Balaban J connectivity index is 0.000000569. The lowest BCUT2D eigenvalue weighted by molar-refractivity contribution is -0.131. The van der Waals surface area contributed by atoms with E-state index in [1.807, 2.05) is 76.2 Å². The Hall–Kier alpha value is -7.36. The summed E-state index contributed by atoms with van der Waals surface area (Å²) in [5.41, 5.74) is 5.66. The number of alkyl carbamates (subject to hydrolysis) is 2. The van der Waals surface area contributed by atoms with Gasteiger partial charge in [-0.05, 0) is 59.4 Å². The Morgan fingerprint density at radius 1 is 0.547 bits per heavy atom. The molecule has 6 rings (SSSR count). The first-order valence-electron chi connectivity index (χ1n) is 20.9. The van der Waals surface area contributed by atoms with Crippen LogP contribution in [0, 0.1) is 11.6 Å². The van der Waals surface area contributed by atoms with Crippen molar-refractivity contribution in [3.05, 3.63) is 145 Å². The molecular formula is C48H58F2N8O6. The number of carbonyl (C=O) groups is 4. The van der Waals surface area contributed by atoms with E-state index in [1.165, 1.54) is 38.5 Å². The fraction of sp³-hybridized carbons (Fsp3) is 0.292. The summed E-state index contributed by atoms with van der Waals surface area (Å²) in [6, 6.07) is 32.1. The summed E-state index contributed by atoms with van der Waals surface area (Å²) in [5.74, 6) is 0.490. The average Bonchev–Trinajstić information content (AvgIpc) is 4.01. The second-order valence-corrected chi connectivity index (χ2v) is 13.6. The zero-order valence-corrected chi connectivity index (χ0v) is 37.2. The van der Waals surface area contributed by atoms with E-state index >= 15 is 0 Å². The molecule has 0 radical (unpaired) electrons. The quantitative estimate of drug-likeness (QED) is 0.0791. The zero-order chi connectivity index (χ0) is 46.7. The van der Waals surface area contributed by atoms with Crippen molar-refractivity contribution in [2.45, 2.75) is 53.6 Å². The van der Waals surface area contributed by atoms with E-state index in [1.54, 1.807) is 58.6 Å². The van der Waals surface area contributed by atoms with Gasteiger partial charge in [0, 0.05) is 13.1 Å². The third-order valence-electron chi connectivity index (χ3n) is 8.96. The van der Waals surface area contributed by atoms with Crippen LogP contribution in [0.1, 0.15) is 52.2 Å². The number of carbonyl (C=O) groups excluding carboxylic acids is 4. The first kappa shape index (κ1) is 51.0. The van der Waals surface area contributed by atoms with Gasteiger partial charge in [-0.25, -0.2) is 28.3 Å². The third kappa shape index (κ3) is 17.6. The van der Waals surface area contributed by atoms with E-state index in [9.17, 15) is 28.0 Å². The molecule has 4 aromatic carbocycles. The second-order valence-electron chi connectivity index (χ2n) is 13.6. The van der Waals surface area contributed by atoms with E-state index in [2.05, 4.69) is 40.0 Å². The SMILES string of the molecule is CC.CCCN(Cc1ncc(-c2ccc(-c3ccc(-c4cnc(CN(CCC)C(=O)CNC(=O)OC)[nH]4)cc3)cc2)[nH]1)C(=O)CNC(=O)OC.Fc1ccccc1.Fc1ccccc1. The molecule has 14 nitrogen and oxygen atoms in total. The number of nitrogens with zero attached hydrogens (tertiary/aromatic N) is 4. The molecule has 6 aromatic rings. The molecule has 0 aliphatic heterocycles. The van der Waals surface area contributed by atoms with Crippen LogP contribution in [0.5, 0.6) is 0 Å². The molecule has 0 saturated heterocycles. The van der Waals surface area contributed by atoms with Crippen LogP contribution in [0.15, 0.2) is 122 Å². The fourth-order valence-electron chi connectivity index (χ4n) is 5.84. The van der Waals surface area contributed by atoms with E-state index in [-0.39, 0.29) is 36.5 Å². The van der Waals surface area contributed by atoms with Gasteiger partial charge in [0.1, 0.15) is 36.4 Å². The van der Waals surface area contributed by atoms with E-state index in [4.69, 9.17) is 0 Å². The highest BCUT2D eigenvalue weighted by Crippen LogP contribution is 2.27. The van der Waals surface area contributed by atoms with Gasteiger partial charge in [-0.2, -0.15) is 0 Å². The molecule has 0 fully saturated rings. The number of rotatable bonds is 15. The monoisotopic (exact) mass is 880 g/mol. The van der Waals surface area contributed by atoms with Crippen molar-refractivity contribution in [1.82, 2.24) is 40.4 Å². The summed E-state index contributed by atoms with van der Waals surface area (Å²) in [5, 5.41) is 4.86. The lowest BCUT2D eigenvalue weighted by atomic mass is 10.0. The normalized spacial score (nSPS) is 10.0. The van der Waals surface area contributed by atoms with Crippen molar-refractivity contribution in [2.75, 3.05) is 40.4 Å². The Morgan fingerprint density at radius 3 is 1.16 bits per heavy atom. The minimum atomic E-state index is -0.652. The van der Waals surface area contributed by atoms with Gasteiger partial charge in [-0.3, -0.25) is 9.59 Å². The van der Waals surface area contributed by atoms with Crippen molar-refractivity contribution >= 4 is 24.0 Å². The fourth-order valence-corrected chi connectivity index (χ4v) is 5.84. The minimum Gasteiger partial charge on any atom is -0.453 e. The van der Waals surface area contributed by atoms with Crippen molar-refractivity contribution in [3.8, 4) is 33.6 Å². The molecule has 4 amide bonds. The maximum absolute atomic E-state index is 12.6. The first-order chi connectivity index (χ1) is 31.0. The molecule has 16 heteroatoms. The van der Waals surface area contributed by atoms with Gasteiger partial charge in [-0.1, -0.05) is 113 Å². The van der Waals surface area contributed by atoms with E-state index in [0.717, 1.165) is 46.5 Å². The smallest absolute Gasteiger partial charge is 0.407 e. The highest BCUT2D eigenvalue weighted by atomic mass is 19.1. The lowest BCUT2D eigenvalue weighted by Crippen LogP contribution is -2.40. The lowest BCUT2D eigenvalue weighted by Gasteiger charge is -2.21. The standard InChI is InChI=1S/C34H42N8O6.2C6H5F.C2H6/c1-5-15-41(31(43)19-37-33(45)47-3)21-29-35-17-27(39-29)25-11-7-23(8-12-25)24-9-13-26(14-10-24)28-18-36-30(40-28)22-42(16-6-2)32(44)20-38-34(46)48-4;2*7-6-4-2-1-3-5-6;1-2/h7-14,17-18H,5-6,15-16,19-22H2,1-4H3,(H,35,39)(H,36,40)(H,37,45)(H,38,46);2*1-5H;1-2H3. The van der Waals surface area contributed by atoms with Crippen molar-refractivity contribution in [3.63, 3.8) is 0 Å². The Kier molecular flexibility index (Phi) is 22.5. The summed E-state index contributed by atoms with van der Waals surface area (Å²) in [6.07, 6.45) is 3.72. The van der Waals surface area contributed by atoms with Crippen LogP contribution < -0.4 is 10.6 Å². The number of halogens is 2. The number of benzene rings is 4. The van der Waals surface area contributed by atoms with Gasteiger partial charge in [0.05, 0.1) is 51.1 Å². The van der Waals surface area contributed by atoms with Gasteiger partial charge >= 0.3 is 12.2 Å². The van der Waals surface area contributed by atoms with Gasteiger partial charge in [0.15, 0.2) is 0 Å². The van der Waals surface area contributed by atoms with Crippen molar-refractivity contribution in [2.24, 2.45) is 0 Å². The molecule has 64 heavy (non-hydrogen) atoms. The molecule has 0 saturated carbocycles. The van der Waals surface area contributed by atoms with Crippen LogP contribution in [0.2, 0.25) is 0 Å². The number of hydrogen-bond acceptors (Lipinski definition) is 8. The second kappa shape index (κ2) is 28.3. The molecule has 0 aliphatic rings. The maximum atomic E-state index is 12.6. The Labute approximate surface area is 373 Å².